The number of rotatable bonds is 4. The van der Waals surface area contributed by atoms with Crippen molar-refractivity contribution in [3.63, 3.8) is 0 Å². The maximum atomic E-state index is 12.5. The van der Waals surface area contributed by atoms with Gasteiger partial charge in [0.2, 0.25) is 5.95 Å². The lowest BCUT2D eigenvalue weighted by Crippen LogP contribution is -2.08. The van der Waals surface area contributed by atoms with Gasteiger partial charge in [0.15, 0.2) is 6.29 Å². The molecule has 104 valence electrons. The van der Waals surface area contributed by atoms with Gasteiger partial charge in [-0.2, -0.15) is 13.2 Å². The fraction of sp³-hybridized carbons (Fsp3) is 0.154. The summed E-state index contributed by atoms with van der Waals surface area (Å²) in [6.07, 6.45) is -1.10. The van der Waals surface area contributed by atoms with Crippen LogP contribution in [0.3, 0.4) is 0 Å². The number of hydrogen-bond donors (Lipinski definition) is 1. The summed E-state index contributed by atoms with van der Waals surface area (Å²) in [7, 11) is 0. The highest BCUT2D eigenvalue weighted by molar-refractivity contribution is 5.73. The van der Waals surface area contributed by atoms with E-state index in [9.17, 15) is 18.0 Å². The average molecular weight is 281 g/mol. The fourth-order valence-corrected chi connectivity index (χ4v) is 1.53. The van der Waals surface area contributed by atoms with E-state index in [1.54, 1.807) is 6.07 Å². The third-order valence-corrected chi connectivity index (χ3v) is 2.51. The van der Waals surface area contributed by atoms with Gasteiger partial charge in [0.1, 0.15) is 0 Å². The van der Waals surface area contributed by atoms with Crippen molar-refractivity contribution in [2.75, 3.05) is 5.32 Å². The van der Waals surface area contributed by atoms with Gasteiger partial charge in [-0.1, -0.05) is 12.1 Å². The van der Waals surface area contributed by atoms with Crippen molar-refractivity contribution in [3.05, 3.63) is 53.3 Å². The Bertz CT molecular complexity index is 597. The Labute approximate surface area is 112 Å². The van der Waals surface area contributed by atoms with E-state index in [-0.39, 0.29) is 12.5 Å². The van der Waals surface area contributed by atoms with Crippen molar-refractivity contribution in [3.8, 4) is 0 Å². The molecule has 4 nitrogen and oxygen atoms in total. The maximum Gasteiger partial charge on any atom is 0.416 e. The van der Waals surface area contributed by atoms with Crippen LogP contribution in [0.25, 0.3) is 0 Å². The lowest BCUT2D eigenvalue weighted by atomic mass is 10.1. The molecule has 0 spiro atoms. The van der Waals surface area contributed by atoms with Crippen molar-refractivity contribution >= 4 is 12.2 Å². The quantitative estimate of drug-likeness (QED) is 0.875. The molecule has 0 radical (unpaired) electrons. The molecule has 1 aromatic carbocycles. The number of anilines is 1. The van der Waals surface area contributed by atoms with Crippen LogP contribution in [0.4, 0.5) is 19.1 Å². The van der Waals surface area contributed by atoms with Crippen molar-refractivity contribution in [2.24, 2.45) is 0 Å². The molecule has 0 unspecified atom stereocenters. The number of carbonyl (C=O) groups excluding carboxylic acids is 1. The molecule has 1 N–H and O–H groups in total. The lowest BCUT2D eigenvalue weighted by Gasteiger charge is -2.09. The van der Waals surface area contributed by atoms with Gasteiger partial charge in [0.05, 0.1) is 11.1 Å². The largest absolute Gasteiger partial charge is 0.416 e. The summed E-state index contributed by atoms with van der Waals surface area (Å²) in [5, 5.41) is 2.79. The van der Waals surface area contributed by atoms with E-state index in [0.29, 0.717) is 17.4 Å². The predicted molar refractivity (Wildman–Crippen MR) is 66.2 cm³/mol. The van der Waals surface area contributed by atoms with Gasteiger partial charge < -0.3 is 5.32 Å². The molecule has 7 heteroatoms. The smallest absolute Gasteiger partial charge is 0.350 e. The van der Waals surface area contributed by atoms with E-state index >= 15 is 0 Å². The van der Waals surface area contributed by atoms with Crippen LogP contribution in [0.2, 0.25) is 0 Å². The van der Waals surface area contributed by atoms with Gasteiger partial charge in [-0.25, -0.2) is 9.97 Å². The highest BCUT2D eigenvalue weighted by Crippen LogP contribution is 2.29. The summed E-state index contributed by atoms with van der Waals surface area (Å²) in [5.74, 6) is 0.244. The molecule has 0 saturated carbocycles. The SMILES string of the molecule is O=Cc1cnc(NCc2cccc(C(F)(F)F)c2)nc1. The van der Waals surface area contributed by atoms with Crippen LogP contribution in [0.15, 0.2) is 36.7 Å². The summed E-state index contributed by atoms with van der Waals surface area (Å²) in [6, 6.07) is 4.99. The fourth-order valence-electron chi connectivity index (χ4n) is 1.53. The summed E-state index contributed by atoms with van der Waals surface area (Å²) >= 11 is 0. The number of hydrogen-bond acceptors (Lipinski definition) is 4. The van der Waals surface area contributed by atoms with Crippen LogP contribution in [0.1, 0.15) is 21.5 Å². The Morgan fingerprint density at radius 1 is 1.20 bits per heavy atom. The number of nitrogens with one attached hydrogen (secondary N) is 1. The van der Waals surface area contributed by atoms with Crippen molar-refractivity contribution < 1.29 is 18.0 Å². The summed E-state index contributed by atoms with van der Waals surface area (Å²) in [6.45, 7) is 0.157. The van der Waals surface area contributed by atoms with E-state index in [0.717, 1.165) is 12.1 Å². The minimum absolute atomic E-state index is 0.157. The molecule has 0 bridgehead atoms. The van der Waals surface area contributed by atoms with Crippen LogP contribution >= 0.6 is 0 Å². The number of alkyl halides is 3. The van der Waals surface area contributed by atoms with E-state index < -0.39 is 11.7 Å². The maximum absolute atomic E-state index is 12.5. The number of aromatic nitrogens is 2. The standard InChI is InChI=1S/C13H10F3N3O/c14-13(15,16)11-3-1-2-9(4-11)5-17-12-18-6-10(8-20)7-19-12/h1-4,6-8H,5H2,(H,17,18,19). The first-order valence-corrected chi connectivity index (χ1v) is 5.66. The topological polar surface area (TPSA) is 54.9 Å². The van der Waals surface area contributed by atoms with E-state index in [1.807, 2.05) is 0 Å². The monoisotopic (exact) mass is 281 g/mol. The Morgan fingerprint density at radius 3 is 2.50 bits per heavy atom. The lowest BCUT2D eigenvalue weighted by molar-refractivity contribution is -0.137. The second-order valence-corrected chi connectivity index (χ2v) is 4.01. The molecule has 2 aromatic rings. The molecule has 0 aliphatic heterocycles. The zero-order valence-corrected chi connectivity index (χ0v) is 10.2. The Kier molecular flexibility index (Phi) is 3.97. The summed E-state index contributed by atoms with van der Waals surface area (Å²) < 4.78 is 37.6. The molecule has 0 atom stereocenters. The van der Waals surface area contributed by atoms with E-state index in [4.69, 9.17) is 0 Å². The van der Waals surface area contributed by atoms with Crippen LogP contribution in [-0.2, 0) is 12.7 Å². The number of carbonyl (C=O) groups is 1. The molecule has 0 saturated heterocycles. The van der Waals surface area contributed by atoms with Crippen molar-refractivity contribution in [1.82, 2.24) is 9.97 Å². The minimum atomic E-state index is -4.36. The zero-order valence-electron chi connectivity index (χ0n) is 10.2. The zero-order chi connectivity index (χ0) is 14.6. The second-order valence-electron chi connectivity index (χ2n) is 4.01. The number of halogens is 3. The van der Waals surface area contributed by atoms with Crippen LogP contribution in [0.5, 0.6) is 0 Å². The highest BCUT2D eigenvalue weighted by atomic mass is 19.4. The van der Waals surface area contributed by atoms with Crippen molar-refractivity contribution in [1.29, 1.82) is 0 Å². The molecule has 0 aliphatic carbocycles. The van der Waals surface area contributed by atoms with Crippen LogP contribution < -0.4 is 5.32 Å². The van der Waals surface area contributed by atoms with E-state index in [1.165, 1.54) is 18.5 Å². The molecular weight excluding hydrogens is 271 g/mol. The summed E-state index contributed by atoms with van der Waals surface area (Å²) in [4.78, 5) is 18.1. The van der Waals surface area contributed by atoms with Gasteiger partial charge in [0.25, 0.3) is 0 Å². The van der Waals surface area contributed by atoms with E-state index in [2.05, 4.69) is 15.3 Å². The third kappa shape index (κ3) is 3.53. The average Bonchev–Trinajstić information content (AvgIpc) is 2.45. The highest BCUT2D eigenvalue weighted by Gasteiger charge is 2.30. The predicted octanol–water partition coefficient (Wildman–Crippen LogP) is 2.92. The Hall–Kier alpha value is -2.44. The summed E-state index contributed by atoms with van der Waals surface area (Å²) in [5.41, 5.74) is 0.0894. The minimum Gasteiger partial charge on any atom is -0.350 e. The van der Waals surface area contributed by atoms with Gasteiger partial charge in [-0.3, -0.25) is 4.79 Å². The van der Waals surface area contributed by atoms with Gasteiger partial charge in [-0.15, -0.1) is 0 Å². The van der Waals surface area contributed by atoms with Gasteiger partial charge in [-0.05, 0) is 17.7 Å². The molecule has 0 aliphatic rings. The first-order chi connectivity index (χ1) is 9.49. The first-order valence-electron chi connectivity index (χ1n) is 5.66. The normalized spacial score (nSPS) is 11.2. The van der Waals surface area contributed by atoms with Crippen molar-refractivity contribution in [2.45, 2.75) is 12.7 Å². The van der Waals surface area contributed by atoms with Gasteiger partial charge >= 0.3 is 6.18 Å². The third-order valence-electron chi connectivity index (χ3n) is 2.51. The Balaban J connectivity index is 2.05. The van der Waals surface area contributed by atoms with Crippen LogP contribution in [-0.4, -0.2) is 16.3 Å². The molecule has 2 rings (SSSR count). The Morgan fingerprint density at radius 2 is 1.90 bits per heavy atom. The molecule has 20 heavy (non-hydrogen) atoms. The second kappa shape index (κ2) is 5.68. The number of benzene rings is 1. The molecule has 0 fully saturated rings. The number of aldehydes is 1. The van der Waals surface area contributed by atoms with Gasteiger partial charge in [0, 0.05) is 18.9 Å². The molecular formula is C13H10F3N3O. The molecule has 1 aromatic heterocycles. The number of nitrogens with zero attached hydrogens (tertiary/aromatic N) is 2. The molecule has 1 heterocycles. The molecule has 0 amide bonds. The van der Waals surface area contributed by atoms with Crippen LogP contribution in [0, 0.1) is 0 Å². The first kappa shape index (κ1) is 14.0.